The molecule has 0 saturated carbocycles. The van der Waals surface area contributed by atoms with E-state index < -0.39 is 6.09 Å². The SMILES string of the molecule is Cc1cccc(CCCC=CCNC(=O)CC(C)CCNC(=O)OCc2ccccc2)c1. The fraction of sp³-hybridized carbons (Fsp3) is 0.407. The maximum Gasteiger partial charge on any atom is 0.407 e. The van der Waals surface area contributed by atoms with Crippen LogP contribution in [0.3, 0.4) is 0 Å². The first-order valence-electron chi connectivity index (χ1n) is 11.4. The normalized spacial score (nSPS) is 11.8. The Morgan fingerprint density at radius 3 is 2.56 bits per heavy atom. The lowest BCUT2D eigenvalue weighted by molar-refractivity contribution is -0.121. The van der Waals surface area contributed by atoms with Crippen LogP contribution in [0.1, 0.15) is 49.3 Å². The molecule has 0 aliphatic carbocycles. The van der Waals surface area contributed by atoms with Gasteiger partial charge in [0.1, 0.15) is 6.61 Å². The molecule has 2 aromatic carbocycles. The number of hydrogen-bond acceptors (Lipinski definition) is 3. The van der Waals surface area contributed by atoms with E-state index in [1.54, 1.807) is 0 Å². The second-order valence-electron chi connectivity index (χ2n) is 8.24. The third-order valence-corrected chi connectivity index (χ3v) is 5.16. The Labute approximate surface area is 192 Å². The van der Waals surface area contributed by atoms with Gasteiger partial charge in [-0.25, -0.2) is 4.79 Å². The van der Waals surface area contributed by atoms with Crippen LogP contribution in [0.15, 0.2) is 66.7 Å². The Balaban J connectivity index is 1.47. The van der Waals surface area contributed by atoms with Gasteiger partial charge in [-0.05, 0) is 49.7 Å². The van der Waals surface area contributed by atoms with Crippen LogP contribution in [0, 0.1) is 12.8 Å². The molecular weight excluding hydrogens is 400 g/mol. The van der Waals surface area contributed by atoms with E-state index in [0.717, 1.165) is 31.2 Å². The van der Waals surface area contributed by atoms with Crippen molar-refractivity contribution in [2.75, 3.05) is 13.1 Å². The van der Waals surface area contributed by atoms with Crippen LogP contribution in [-0.2, 0) is 22.6 Å². The summed E-state index contributed by atoms with van der Waals surface area (Å²) in [7, 11) is 0. The zero-order valence-corrected chi connectivity index (χ0v) is 19.3. The fourth-order valence-corrected chi connectivity index (χ4v) is 3.35. The molecule has 32 heavy (non-hydrogen) atoms. The number of benzene rings is 2. The highest BCUT2D eigenvalue weighted by molar-refractivity contribution is 5.76. The van der Waals surface area contributed by atoms with E-state index >= 15 is 0 Å². The smallest absolute Gasteiger partial charge is 0.407 e. The number of rotatable bonds is 13. The molecule has 0 bridgehead atoms. The first-order chi connectivity index (χ1) is 15.5. The molecule has 5 heteroatoms. The molecule has 2 rings (SSSR count). The third-order valence-electron chi connectivity index (χ3n) is 5.16. The molecular formula is C27H36N2O3. The van der Waals surface area contributed by atoms with Gasteiger partial charge in [-0.1, -0.05) is 79.2 Å². The van der Waals surface area contributed by atoms with Crippen LogP contribution in [0.25, 0.3) is 0 Å². The average molecular weight is 437 g/mol. The predicted molar refractivity (Wildman–Crippen MR) is 129 cm³/mol. The van der Waals surface area contributed by atoms with Gasteiger partial charge in [0, 0.05) is 19.5 Å². The number of ether oxygens (including phenoxy) is 1. The summed E-state index contributed by atoms with van der Waals surface area (Å²) in [4.78, 5) is 23.8. The molecule has 172 valence electrons. The number of unbranched alkanes of at least 4 members (excludes halogenated alkanes) is 1. The van der Waals surface area contributed by atoms with Crippen LogP contribution < -0.4 is 10.6 Å². The molecule has 2 amide bonds. The largest absolute Gasteiger partial charge is 0.445 e. The van der Waals surface area contributed by atoms with Crippen LogP contribution in [0.2, 0.25) is 0 Å². The molecule has 0 aliphatic heterocycles. The monoisotopic (exact) mass is 436 g/mol. The maximum absolute atomic E-state index is 12.1. The first-order valence-corrected chi connectivity index (χ1v) is 11.4. The molecule has 0 fully saturated rings. The van der Waals surface area contributed by atoms with Gasteiger partial charge in [0.15, 0.2) is 0 Å². The molecule has 2 aromatic rings. The van der Waals surface area contributed by atoms with E-state index in [1.807, 2.05) is 43.3 Å². The lowest BCUT2D eigenvalue weighted by Crippen LogP contribution is -2.28. The van der Waals surface area contributed by atoms with E-state index in [9.17, 15) is 9.59 Å². The van der Waals surface area contributed by atoms with Gasteiger partial charge in [-0.2, -0.15) is 0 Å². The second-order valence-corrected chi connectivity index (χ2v) is 8.24. The van der Waals surface area contributed by atoms with Crippen molar-refractivity contribution in [1.29, 1.82) is 0 Å². The van der Waals surface area contributed by atoms with Gasteiger partial charge < -0.3 is 15.4 Å². The van der Waals surface area contributed by atoms with Crippen molar-refractivity contribution >= 4 is 12.0 Å². The number of hydrogen-bond donors (Lipinski definition) is 2. The highest BCUT2D eigenvalue weighted by Crippen LogP contribution is 2.09. The molecule has 1 atom stereocenters. The highest BCUT2D eigenvalue weighted by atomic mass is 16.5. The summed E-state index contributed by atoms with van der Waals surface area (Å²) in [6.07, 6.45) is 8.07. The molecule has 0 saturated heterocycles. The number of carbonyl (C=O) groups is 2. The fourth-order valence-electron chi connectivity index (χ4n) is 3.35. The third kappa shape index (κ3) is 11.3. The lowest BCUT2D eigenvalue weighted by Gasteiger charge is -2.12. The summed E-state index contributed by atoms with van der Waals surface area (Å²) in [5.74, 6) is 0.219. The number of alkyl carbamates (subject to hydrolysis) is 1. The zero-order chi connectivity index (χ0) is 23.0. The number of amides is 2. The Hall–Kier alpha value is -3.08. The average Bonchev–Trinajstić information content (AvgIpc) is 2.78. The number of aryl methyl sites for hydroxylation is 2. The molecule has 0 radical (unpaired) electrons. The summed E-state index contributed by atoms with van der Waals surface area (Å²) in [6.45, 7) is 5.43. The minimum atomic E-state index is -0.432. The first kappa shape index (κ1) is 25.2. The summed E-state index contributed by atoms with van der Waals surface area (Å²) >= 11 is 0. The molecule has 1 unspecified atom stereocenters. The van der Waals surface area contributed by atoms with Crippen LogP contribution in [0.5, 0.6) is 0 Å². The van der Waals surface area contributed by atoms with Crippen LogP contribution in [-0.4, -0.2) is 25.1 Å². The Bertz CT molecular complexity index is 849. The van der Waals surface area contributed by atoms with Gasteiger partial charge in [-0.15, -0.1) is 0 Å². The van der Waals surface area contributed by atoms with Gasteiger partial charge in [0.05, 0.1) is 0 Å². The van der Waals surface area contributed by atoms with Crippen molar-refractivity contribution in [3.63, 3.8) is 0 Å². The topological polar surface area (TPSA) is 67.4 Å². The predicted octanol–water partition coefficient (Wildman–Crippen LogP) is 5.33. The minimum absolute atomic E-state index is 0.0357. The number of nitrogens with one attached hydrogen (secondary N) is 2. The van der Waals surface area contributed by atoms with E-state index in [-0.39, 0.29) is 18.4 Å². The summed E-state index contributed by atoms with van der Waals surface area (Å²) in [5, 5.41) is 5.67. The number of carbonyl (C=O) groups excluding carboxylic acids is 2. The van der Waals surface area contributed by atoms with Gasteiger partial charge >= 0.3 is 6.09 Å². The standard InChI is InChI=1S/C27H36N2O3/c1-22-11-10-15-24(19-22)12-6-3-4-9-17-28-26(30)20-23(2)16-18-29-27(31)32-21-25-13-7-5-8-14-25/h4-5,7-11,13-15,19,23H,3,6,12,16-18,20-21H2,1-2H3,(H,28,30)(H,29,31). The molecule has 0 aromatic heterocycles. The Morgan fingerprint density at radius 2 is 1.78 bits per heavy atom. The quantitative estimate of drug-likeness (QED) is 0.329. The molecule has 0 spiro atoms. The van der Waals surface area contributed by atoms with Crippen molar-refractivity contribution in [1.82, 2.24) is 10.6 Å². The van der Waals surface area contributed by atoms with Gasteiger partial charge in [-0.3, -0.25) is 4.79 Å². The molecule has 5 nitrogen and oxygen atoms in total. The maximum atomic E-state index is 12.1. The molecule has 2 N–H and O–H groups in total. The molecule has 0 heterocycles. The van der Waals surface area contributed by atoms with E-state index in [1.165, 1.54) is 11.1 Å². The van der Waals surface area contributed by atoms with Crippen LogP contribution >= 0.6 is 0 Å². The van der Waals surface area contributed by atoms with Crippen molar-refractivity contribution in [3.8, 4) is 0 Å². The molecule has 0 aliphatic rings. The van der Waals surface area contributed by atoms with Crippen LogP contribution in [0.4, 0.5) is 4.79 Å². The second kappa shape index (κ2) is 14.8. The summed E-state index contributed by atoms with van der Waals surface area (Å²) < 4.78 is 5.18. The van der Waals surface area contributed by atoms with Crippen molar-refractivity contribution in [2.45, 2.75) is 52.6 Å². The van der Waals surface area contributed by atoms with Crippen molar-refractivity contribution in [3.05, 3.63) is 83.4 Å². The number of allylic oxidation sites excluding steroid dienone is 1. The minimum Gasteiger partial charge on any atom is -0.445 e. The Morgan fingerprint density at radius 1 is 1.00 bits per heavy atom. The Kier molecular flexibility index (Phi) is 11.7. The highest BCUT2D eigenvalue weighted by Gasteiger charge is 2.09. The van der Waals surface area contributed by atoms with E-state index in [4.69, 9.17) is 4.74 Å². The van der Waals surface area contributed by atoms with Gasteiger partial charge in [0.2, 0.25) is 5.91 Å². The van der Waals surface area contributed by atoms with E-state index in [0.29, 0.717) is 19.5 Å². The van der Waals surface area contributed by atoms with Crippen molar-refractivity contribution < 1.29 is 14.3 Å². The van der Waals surface area contributed by atoms with Gasteiger partial charge in [0.25, 0.3) is 0 Å². The lowest BCUT2D eigenvalue weighted by atomic mass is 10.0. The van der Waals surface area contributed by atoms with Crippen molar-refractivity contribution in [2.24, 2.45) is 5.92 Å². The summed E-state index contributed by atoms with van der Waals surface area (Å²) in [6, 6.07) is 18.2. The zero-order valence-electron chi connectivity index (χ0n) is 19.3. The van der Waals surface area contributed by atoms with E-state index in [2.05, 4.69) is 47.9 Å². The summed E-state index contributed by atoms with van der Waals surface area (Å²) in [5.41, 5.74) is 3.63.